The highest BCUT2D eigenvalue weighted by Crippen LogP contribution is 2.30. The number of aromatic nitrogens is 4. The van der Waals surface area contributed by atoms with Crippen molar-refractivity contribution >= 4 is 11.2 Å². The van der Waals surface area contributed by atoms with Crippen LogP contribution in [0, 0.1) is 0 Å². The van der Waals surface area contributed by atoms with Crippen molar-refractivity contribution in [2.75, 3.05) is 6.61 Å². The van der Waals surface area contributed by atoms with Gasteiger partial charge in [0.25, 0.3) is 5.56 Å². The van der Waals surface area contributed by atoms with E-state index in [1.165, 1.54) is 6.33 Å². The first-order valence-electron chi connectivity index (χ1n) is 6.14. The Balaban J connectivity index is 1.98. The molecule has 0 saturated carbocycles. The maximum absolute atomic E-state index is 11.6. The second kappa shape index (κ2) is 4.63. The van der Waals surface area contributed by atoms with E-state index in [0.717, 1.165) is 12.8 Å². The number of H-pyrrole nitrogens is 2. The van der Waals surface area contributed by atoms with Crippen molar-refractivity contribution in [3.63, 3.8) is 0 Å². The summed E-state index contributed by atoms with van der Waals surface area (Å²) in [7, 11) is 0. The van der Waals surface area contributed by atoms with E-state index in [4.69, 9.17) is 9.84 Å². The van der Waals surface area contributed by atoms with Crippen LogP contribution in [0.15, 0.2) is 15.9 Å². The van der Waals surface area contributed by atoms with Crippen molar-refractivity contribution in [2.24, 2.45) is 0 Å². The first-order valence-corrected chi connectivity index (χ1v) is 6.14. The second-order valence-electron chi connectivity index (χ2n) is 4.56. The van der Waals surface area contributed by atoms with Crippen LogP contribution in [-0.4, -0.2) is 37.3 Å². The molecule has 2 aromatic heterocycles. The Hall–Kier alpha value is -1.93. The molecule has 3 rings (SSSR count). The molecule has 8 nitrogen and oxygen atoms in total. The maximum atomic E-state index is 11.6. The van der Waals surface area contributed by atoms with Gasteiger partial charge >= 0.3 is 5.69 Å². The third-order valence-corrected chi connectivity index (χ3v) is 3.31. The van der Waals surface area contributed by atoms with Gasteiger partial charge in [0.1, 0.15) is 11.9 Å². The van der Waals surface area contributed by atoms with Crippen LogP contribution in [0.2, 0.25) is 0 Å². The van der Waals surface area contributed by atoms with Crippen molar-refractivity contribution < 1.29 is 9.84 Å². The van der Waals surface area contributed by atoms with Gasteiger partial charge in [-0.15, -0.1) is 0 Å². The molecule has 102 valence electrons. The Morgan fingerprint density at radius 1 is 1.42 bits per heavy atom. The number of imidazole rings is 1. The van der Waals surface area contributed by atoms with E-state index < -0.39 is 11.2 Å². The molecule has 0 aromatic carbocycles. The largest absolute Gasteiger partial charge is 0.396 e. The van der Waals surface area contributed by atoms with Crippen molar-refractivity contribution in [1.29, 1.82) is 0 Å². The molecule has 2 atom stereocenters. The Labute approximate surface area is 107 Å². The fraction of sp³-hybridized carbons (Fsp3) is 0.545. The van der Waals surface area contributed by atoms with Crippen LogP contribution in [0.3, 0.4) is 0 Å². The molecule has 2 unspecified atom stereocenters. The summed E-state index contributed by atoms with van der Waals surface area (Å²) in [5.41, 5.74) is -0.524. The second-order valence-corrected chi connectivity index (χ2v) is 4.56. The molecule has 0 aliphatic carbocycles. The van der Waals surface area contributed by atoms with Crippen LogP contribution >= 0.6 is 0 Å². The summed E-state index contributed by atoms with van der Waals surface area (Å²) in [5.74, 6) is 0. The summed E-state index contributed by atoms with van der Waals surface area (Å²) >= 11 is 0. The molecule has 1 aliphatic heterocycles. The minimum Gasteiger partial charge on any atom is -0.396 e. The lowest BCUT2D eigenvalue weighted by Gasteiger charge is -2.14. The van der Waals surface area contributed by atoms with Crippen molar-refractivity contribution in [3.8, 4) is 0 Å². The lowest BCUT2D eigenvalue weighted by atomic mass is 10.2. The third kappa shape index (κ3) is 2.08. The van der Waals surface area contributed by atoms with Crippen LogP contribution in [0.5, 0.6) is 0 Å². The van der Waals surface area contributed by atoms with Gasteiger partial charge < -0.3 is 9.84 Å². The van der Waals surface area contributed by atoms with Gasteiger partial charge in [-0.25, -0.2) is 9.78 Å². The summed E-state index contributed by atoms with van der Waals surface area (Å²) < 4.78 is 7.42. The van der Waals surface area contributed by atoms with E-state index in [-0.39, 0.29) is 24.5 Å². The van der Waals surface area contributed by atoms with Gasteiger partial charge in [0.2, 0.25) is 0 Å². The summed E-state index contributed by atoms with van der Waals surface area (Å²) in [6.07, 6.45) is 3.39. The lowest BCUT2D eigenvalue weighted by Crippen LogP contribution is -2.23. The zero-order valence-corrected chi connectivity index (χ0v) is 10.1. The molecule has 2 aromatic rings. The average Bonchev–Trinajstić information content (AvgIpc) is 2.95. The fourth-order valence-corrected chi connectivity index (χ4v) is 2.42. The van der Waals surface area contributed by atoms with Crippen LogP contribution in [-0.2, 0) is 4.74 Å². The monoisotopic (exact) mass is 266 g/mol. The normalized spacial score (nSPS) is 23.2. The summed E-state index contributed by atoms with van der Waals surface area (Å²) in [6, 6.07) is 0. The third-order valence-electron chi connectivity index (χ3n) is 3.31. The Morgan fingerprint density at radius 2 is 2.26 bits per heavy atom. The van der Waals surface area contributed by atoms with E-state index in [1.807, 2.05) is 0 Å². The van der Waals surface area contributed by atoms with Crippen molar-refractivity contribution in [1.82, 2.24) is 19.5 Å². The zero-order valence-electron chi connectivity index (χ0n) is 10.1. The zero-order chi connectivity index (χ0) is 13.4. The van der Waals surface area contributed by atoms with Gasteiger partial charge in [-0.1, -0.05) is 0 Å². The Bertz CT molecular complexity index is 701. The highest BCUT2D eigenvalue weighted by molar-refractivity contribution is 5.68. The van der Waals surface area contributed by atoms with Gasteiger partial charge in [-0.3, -0.25) is 19.3 Å². The van der Waals surface area contributed by atoms with Crippen LogP contribution in [0.25, 0.3) is 11.2 Å². The number of aromatic amines is 2. The molecule has 3 heterocycles. The summed E-state index contributed by atoms with van der Waals surface area (Å²) in [4.78, 5) is 31.6. The van der Waals surface area contributed by atoms with Crippen LogP contribution < -0.4 is 11.2 Å². The van der Waals surface area contributed by atoms with E-state index in [9.17, 15) is 9.59 Å². The van der Waals surface area contributed by atoms with Crippen LogP contribution in [0.4, 0.5) is 0 Å². The van der Waals surface area contributed by atoms with Gasteiger partial charge in [0, 0.05) is 6.61 Å². The maximum Gasteiger partial charge on any atom is 0.327 e. The molecular weight excluding hydrogens is 252 g/mol. The molecule has 0 bridgehead atoms. The molecule has 8 heteroatoms. The van der Waals surface area contributed by atoms with E-state index in [1.54, 1.807) is 4.57 Å². The van der Waals surface area contributed by atoms with Gasteiger partial charge in [-0.05, 0) is 19.3 Å². The number of hydrogen-bond donors (Lipinski definition) is 3. The Kier molecular flexibility index (Phi) is 2.96. The number of nitrogens with one attached hydrogen (secondary N) is 2. The quantitative estimate of drug-likeness (QED) is 0.691. The average molecular weight is 266 g/mol. The minimum absolute atomic E-state index is 0.00108. The molecule has 0 spiro atoms. The number of aliphatic hydroxyl groups excluding tert-OH is 1. The van der Waals surface area contributed by atoms with Gasteiger partial charge in [0.15, 0.2) is 5.52 Å². The minimum atomic E-state index is -0.566. The van der Waals surface area contributed by atoms with Gasteiger partial charge in [0.05, 0.1) is 12.4 Å². The molecule has 0 radical (unpaired) electrons. The van der Waals surface area contributed by atoms with E-state index in [2.05, 4.69) is 15.0 Å². The predicted molar refractivity (Wildman–Crippen MR) is 65.8 cm³/mol. The topological polar surface area (TPSA) is 113 Å². The predicted octanol–water partition coefficient (Wildman–Crippen LogP) is -0.527. The van der Waals surface area contributed by atoms with Crippen molar-refractivity contribution in [2.45, 2.75) is 31.6 Å². The molecule has 19 heavy (non-hydrogen) atoms. The SMILES string of the molecule is O=c1[nH]c(=O)c2ncn(C3CCC(CCO)O3)c2[nH]1. The lowest BCUT2D eigenvalue weighted by molar-refractivity contribution is -0.00577. The summed E-state index contributed by atoms with van der Waals surface area (Å²) in [5, 5.41) is 8.90. The fourth-order valence-electron chi connectivity index (χ4n) is 2.42. The first kappa shape index (κ1) is 12.1. The number of rotatable bonds is 3. The molecule has 3 N–H and O–H groups in total. The van der Waals surface area contributed by atoms with E-state index in [0.29, 0.717) is 12.1 Å². The summed E-state index contributed by atoms with van der Waals surface area (Å²) in [6.45, 7) is 0.0819. The molecule has 0 amide bonds. The first-order chi connectivity index (χ1) is 9.19. The molecule has 1 fully saturated rings. The molecular formula is C11H14N4O4. The number of nitrogens with zero attached hydrogens (tertiary/aromatic N) is 2. The number of ether oxygens (including phenoxy) is 1. The van der Waals surface area contributed by atoms with Gasteiger partial charge in [-0.2, -0.15) is 0 Å². The van der Waals surface area contributed by atoms with E-state index >= 15 is 0 Å². The van der Waals surface area contributed by atoms with Crippen LogP contribution in [0.1, 0.15) is 25.5 Å². The molecule has 1 aliphatic rings. The smallest absolute Gasteiger partial charge is 0.327 e. The number of fused-ring (bicyclic) bond motifs is 1. The van der Waals surface area contributed by atoms with Crippen molar-refractivity contribution in [3.05, 3.63) is 27.2 Å². The highest BCUT2D eigenvalue weighted by atomic mass is 16.5. The molecule has 1 saturated heterocycles. The Morgan fingerprint density at radius 3 is 3.05 bits per heavy atom. The highest BCUT2D eigenvalue weighted by Gasteiger charge is 2.27. The standard InChI is InChI=1S/C11H14N4O4/c16-4-3-6-1-2-7(19-6)15-5-12-8-9(15)13-11(18)14-10(8)17/h5-7,16H,1-4H2,(H2,13,14,17,18). The number of aliphatic hydroxyl groups is 1. The number of hydrogen-bond acceptors (Lipinski definition) is 5.